The molecule has 1 saturated heterocycles. The van der Waals surface area contributed by atoms with Gasteiger partial charge in [0.05, 0.1) is 12.5 Å². The second-order valence-corrected chi connectivity index (χ2v) is 5.45. The number of rotatable bonds is 5. The number of hydrogen-bond donors (Lipinski definition) is 0. The lowest BCUT2D eigenvalue weighted by Gasteiger charge is -2.41. The van der Waals surface area contributed by atoms with Crippen LogP contribution in [0.1, 0.15) is 12.5 Å². The van der Waals surface area contributed by atoms with Crippen LogP contribution in [0.25, 0.3) is 0 Å². The van der Waals surface area contributed by atoms with Gasteiger partial charge in [0, 0.05) is 13.1 Å². The Hall–Kier alpha value is -1.56. The Morgan fingerprint density at radius 2 is 1.95 bits per heavy atom. The number of benzene rings is 1. The van der Waals surface area contributed by atoms with Crippen molar-refractivity contribution in [2.75, 3.05) is 19.6 Å². The predicted molar refractivity (Wildman–Crippen MR) is 71.4 cm³/mol. The SMILES string of the molecule is C[C@H](C(=O)OCc1ccccc1)C1CN(CC(F)(F)F)C1. The monoisotopic (exact) mass is 301 g/mol. The number of ether oxygens (including phenoxy) is 1. The maximum Gasteiger partial charge on any atom is 0.401 e. The van der Waals surface area contributed by atoms with E-state index in [9.17, 15) is 18.0 Å². The molecule has 0 aromatic heterocycles. The standard InChI is InChI=1S/C15H18F3NO2/c1-11(13-7-19(8-13)10-15(16,17)18)14(20)21-9-12-5-3-2-4-6-12/h2-6,11,13H,7-10H2,1H3/t11-/m0/s1. The molecule has 1 aliphatic rings. The van der Waals surface area contributed by atoms with Crippen molar-refractivity contribution in [2.24, 2.45) is 11.8 Å². The Morgan fingerprint density at radius 1 is 1.33 bits per heavy atom. The van der Waals surface area contributed by atoms with Gasteiger partial charge in [-0.2, -0.15) is 13.2 Å². The molecule has 1 atom stereocenters. The first-order valence-corrected chi connectivity index (χ1v) is 6.85. The van der Waals surface area contributed by atoms with Gasteiger partial charge in [0.2, 0.25) is 0 Å². The molecule has 0 N–H and O–H groups in total. The maximum atomic E-state index is 12.2. The first kappa shape index (κ1) is 15.8. The van der Waals surface area contributed by atoms with Crippen molar-refractivity contribution < 1.29 is 22.7 Å². The van der Waals surface area contributed by atoms with Crippen LogP contribution in [0, 0.1) is 11.8 Å². The van der Waals surface area contributed by atoms with Gasteiger partial charge in [-0.15, -0.1) is 0 Å². The van der Waals surface area contributed by atoms with Gasteiger partial charge in [0.1, 0.15) is 6.61 Å². The highest BCUT2D eigenvalue weighted by Gasteiger charge is 2.40. The van der Waals surface area contributed by atoms with Crippen molar-refractivity contribution in [3.05, 3.63) is 35.9 Å². The number of nitrogens with zero attached hydrogens (tertiary/aromatic N) is 1. The van der Waals surface area contributed by atoms with Crippen LogP contribution in [0.4, 0.5) is 13.2 Å². The van der Waals surface area contributed by atoms with E-state index in [1.54, 1.807) is 6.92 Å². The Labute approximate surface area is 121 Å². The average Bonchev–Trinajstić information content (AvgIpc) is 2.39. The van der Waals surface area contributed by atoms with Crippen molar-refractivity contribution in [3.8, 4) is 0 Å². The Bertz CT molecular complexity index is 470. The average molecular weight is 301 g/mol. The van der Waals surface area contributed by atoms with Crippen LogP contribution in [-0.2, 0) is 16.1 Å². The predicted octanol–water partition coefficient (Wildman–Crippen LogP) is 2.86. The third kappa shape index (κ3) is 4.74. The summed E-state index contributed by atoms with van der Waals surface area (Å²) in [6, 6.07) is 9.29. The Balaban J connectivity index is 1.72. The summed E-state index contributed by atoms with van der Waals surface area (Å²) >= 11 is 0. The molecule has 1 heterocycles. The van der Waals surface area contributed by atoms with Gasteiger partial charge in [0.25, 0.3) is 0 Å². The van der Waals surface area contributed by atoms with Gasteiger partial charge in [-0.3, -0.25) is 9.69 Å². The fourth-order valence-electron chi connectivity index (χ4n) is 2.36. The summed E-state index contributed by atoms with van der Waals surface area (Å²) in [7, 11) is 0. The molecule has 0 unspecified atom stereocenters. The molecule has 116 valence electrons. The number of carbonyl (C=O) groups is 1. The van der Waals surface area contributed by atoms with E-state index in [4.69, 9.17) is 4.74 Å². The molecule has 0 aliphatic carbocycles. The van der Waals surface area contributed by atoms with Crippen molar-refractivity contribution in [2.45, 2.75) is 19.7 Å². The second-order valence-electron chi connectivity index (χ2n) is 5.45. The molecule has 21 heavy (non-hydrogen) atoms. The van der Waals surface area contributed by atoms with Crippen LogP contribution in [0.2, 0.25) is 0 Å². The summed E-state index contributed by atoms with van der Waals surface area (Å²) in [5.41, 5.74) is 0.894. The van der Waals surface area contributed by atoms with E-state index in [-0.39, 0.29) is 24.4 Å². The van der Waals surface area contributed by atoms with Crippen molar-refractivity contribution >= 4 is 5.97 Å². The molecular weight excluding hydrogens is 283 g/mol. The highest BCUT2D eigenvalue weighted by Crippen LogP contribution is 2.28. The Kier molecular flexibility index (Phi) is 4.88. The molecule has 2 rings (SSSR count). The lowest BCUT2D eigenvalue weighted by atomic mass is 9.87. The van der Waals surface area contributed by atoms with E-state index in [0.717, 1.165) is 5.56 Å². The van der Waals surface area contributed by atoms with Gasteiger partial charge < -0.3 is 4.74 Å². The molecule has 1 aromatic rings. The van der Waals surface area contributed by atoms with Crippen LogP contribution >= 0.6 is 0 Å². The van der Waals surface area contributed by atoms with Crippen LogP contribution in [0.5, 0.6) is 0 Å². The van der Waals surface area contributed by atoms with Gasteiger partial charge >= 0.3 is 12.1 Å². The Morgan fingerprint density at radius 3 is 2.52 bits per heavy atom. The lowest BCUT2D eigenvalue weighted by Crippen LogP contribution is -2.53. The van der Waals surface area contributed by atoms with Crippen LogP contribution in [0.3, 0.4) is 0 Å². The summed E-state index contributed by atoms with van der Waals surface area (Å²) in [5, 5.41) is 0. The molecule has 0 saturated carbocycles. The molecule has 0 bridgehead atoms. The largest absolute Gasteiger partial charge is 0.461 e. The van der Waals surface area contributed by atoms with Gasteiger partial charge in [-0.25, -0.2) is 0 Å². The summed E-state index contributed by atoms with van der Waals surface area (Å²) in [4.78, 5) is 13.2. The van der Waals surface area contributed by atoms with Crippen LogP contribution < -0.4 is 0 Å². The second kappa shape index (κ2) is 6.47. The molecule has 3 nitrogen and oxygen atoms in total. The van der Waals surface area contributed by atoms with Gasteiger partial charge in [0.15, 0.2) is 0 Å². The van der Waals surface area contributed by atoms with E-state index in [0.29, 0.717) is 13.1 Å². The number of alkyl halides is 3. The molecule has 0 amide bonds. The molecule has 1 fully saturated rings. The van der Waals surface area contributed by atoms with E-state index < -0.39 is 12.7 Å². The van der Waals surface area contributed by atoms with Gasteiger partial charge in [-0.1, -0.05) is 37.3 Å². The molecule has 0 radical (unpaired) electrons. The zero-order valence-electron chi connectivity index (χ0n) is 11.8. The summed E-state index contributed by atoms with van der Waals surface area (Å²) in [6.07, 6.45) is -4.18. The lowest BCUT2D eigenvalue weighted by molar-refractivity contribution is -0.167. The first-order chi connectivity index (χ1) is 9.85. The minimum atomic E-state index is -4.18. The third-order valence-corrected chi connectivity index (χ3v) is 3.69. The maximum absolute atomic E-state index is 12.2. The van der Waals surface area contributed by atoms with E-state index in [2.05, 4.69) is 0 Å². The minimum absolute atomic E-state index is 0.0596. The van der Waals surface area contributed by atoms with Crippen molar-refractivity contribution in [3.63, 3.8) is 0 Å². The number of esters is 1. The topological polar surface area (TPSA) is 29.5 Å². The quantitative estimate of drug-likeness (QED) is 0.783. The highest BCUT2D eigenvalue weighted by molar-refractivity contribution is 5.72. The number of halogens is 3. The van der Waals surface area contributed by atoms with Crippen LogP contribution in [-0.4, -0.2) is 36.7 Å². The van der Waals surface area contributed by atoms with Crippen molar-refractivity contribution in [1.82, 2.24) is 4.90 Å². The smallest absolute Gasteiger partial charge is 0.401 e. The molecule has 0 spiro atoms. The summed E-state index contributed by atoms with van der Waals surface area (Å²) in [6.45, 7) is 1.59. The summed E-state index contributed by atoms with van der Waals surface area (Å²) in [5.74, 6) is -0.788. The van der Waals surface area contributed by atoms with E-state index in [1.165, 1.54) is 4.90 Å². The number of likely N-dealkylation sites (tertiary alicyclic amines) is 1. The molecule has 1 aromatic carbocycles. The molecule has 6 heteroatoms. The first-order valence-electron chi connectivity index (χ1n) is 6.85. The normalized spacial score (nSPS) is 18.1. The van der Waals surface area contributed by atoms with E-state index in [1.807, 2.05) is 30.3 Å². The van der Waals surface area contributed by atoms with Crippen molar-refractivity contribution in [1.29, 1.82) is 0 Å². The van der Waals surface area contributed by atoms with Crippen LogP contribution in [0.15, 0.2) is 30.3 Å². The highest BCUT2D eigenvalue weighted by atomic mass is 19.4. The fraction of sp³-hybridized carbons (Fsp3) is 0.533. The zero-order valence-corrected chi connectivity index (χ0v) is 11.8. The zero-order chi connectivity index (χ0) is 15.5. The number of hydrogen-bond acceptors (Lipinski definition) is 3. The molecular formula is C15H18F3NO2. The fourth-order valence-corrected chi connectivity index (χ4v) is 2.36. The number of carbonyl (C=O) groups excluding carboxylic acids is 1. The van der Waals surface area contributed by atoms with Gasteiger partial charge in [-0.05, 0) is 11.5 Å². The molecule has 1 aliphatic heterocycles. The third-order valence-electron chi connectivity index (χ3n) is 3.69. The summed E-state index contributed by atoms with van der Waals surface area (Å²) < 4.78 is 41.8. The minimum Gasteiger partial charge on any atom is -0.461 e. The van der Waals surface area contributed by atoms with E-state index >= 15 is 0 Å².